The lowest BCUT2D eigenvalue weighted by molar-refractivity contribution is 0.761. The molecule has 0 aliphatic heterocycles. The van der Waals surface area contributed by atoms with Crippen LogP contribution in [0.15, 0.2) is 70.6 Å². The lowest BCUT2D eigenvalue weighted by Crippen LogP contribution is -2.03. The van der Waals surface area contributed by atoms with E-state index in [0.29, 0.717) is 6.54 Å². The highest BCUT2D eigenvalue weighted by Gasteiger charge is 1.95. The van der Waals surface area contributed by atoms with Crippen LogP contribution in [0.4, 0.5) is 0 Å². The Balaban J connectivity index is 1.83. The maximum atomic E-state index is 4.49. The van der Waals surface area contributed by atoms with E-state index in [1.807, 2.05) is 73.1 Å². The molecule has 0 amide bonds. The van der Waals surface area contributed by atoms with E-state index in [1.54, 1.807) is 0 Å². The largest absolute Gasteiger partial charge is 0.290 e. The van der Waals surface area contributed by atoms with Crippen molar-refractivity contribution in [3.63, 3.8) is 0 Å². The lowest BCUT2D eigenvalue weighted by atomic mass is 10.2. The van der Waals surface area contributed by atoms with Gasteiger partial charge in [0, 0.05) is 12.4 Å². The molecule has 1 atom stereocenters. The van der Waals surface area contributed by atoms with Crippen LogP contribution in [0.5, 0.6) is 0 Å². The molecule has 96 valence electrons. The first-order valence-electron chi connectivity index (χ1n) is 6.48. The maximum absolute atomic E-state index is 4.49. The van der Waals surface area contributed by atoms with Crippen molar-refractivity contribution in [2.45, 2.75) is 13.0 Å². The molecule has 0 bridgehead atoms. The minimum absolute atomic E-state index is 0.195. The normalized spacial score (nSPS) is 13.1. The molecule has 0 aliphatic rings. The fourth-order valence-electron chi connectivity index (χ4n) is 1.65. The third-order valence-corrected chi connectivity index (χ3v) is 2.69. The highest BCUT2D eigenvalue weighted by atomic mass is 14.8. The Morgan fingerprint density at radius 3 is 1.95 bits per heavy atom. The first-order valence-corrected chi connectivity index (χ1v) is 6.48. The molecule has 0 aromatic heterocycles. The van der Waals surface area contributed by atoms with Gasteiger partial charge in [-0.1, -0.05) is 60.7 Å². The van der Waals surface area contributed by atoms with Gasteiger partial charge in [0.15, 0.2) is 0 Å². The summed E-state index contributed by atoms with van der Waals surface area (Å²) in [6.45, 7) is 2.78. The van der Waals surface area contributed by atoms with Gasteiger partial charge < -0.3 is 0 Å². The summed E-state index contributed by atoms with van der Waals surface area (Å²) >= 11 is 0. The second-order valence-electron chi connectivity index (χ2n) is 4.44. The molecular weight excluding hydrogens is 232 g/mol. The summed E-state index contributed by atoms with van der Waals surface area (Å²) in [5.74, 6) is 0. The molecule has 0 heterocycles. The molecule has 0 N–H and O–H groups in total. The third-order valence-electron chi connectivity index (χ3n) is 2.69. The molecule has 0 fully saturated rings. The maximum Gasteiger partial charge on any atom is 0.0666 e. The second kappa shape index (κ2) is 7.27. The highest BCUT2D eigenvalue weighted by Crippen LogP contribution is 1.98. The van der Waals surface area contributed by atoms with Gasteiger partial charge in [-0.05, 0) is 18.1 Å². The molecular formula is C17H18N2. The van der Waals surface area contributed by atoms with E-state index in [0.717, 1.165) is 11.1 Å². The molecule has 0 spiro atoms. The smallest absolute Gasteiger partial charge is 0.0666 e. The number of benzene rings is 2. The van der Waals surface area contributed by atoms with Crippen LogP contribution in [0.2, 0.25) is 0 Å². The zero-order valence-electron chi connectivity index (χ0n) is 11.1. The fourth-order valence-corrected chi connectivity index (χ4v) is 1.65. The van der Waals surface area contributed by atoms with Crippen molar-refractivity contribution in [2.24, 2.45) is 9.98 Å². The quantitative estimate of drug-likeness (QED) is 0.724. The van der Waals surface area contributed by atoms with Gasteiger partial charge in [-0.25, -0.2) is 0 Å². The summed E-state index contributed by atoms with van der Waals surface area (Å²) < 4.78 is 0. The summed E-state index contributed by atoms with van der Waals surface area (Å²) in [6, 6.07) is 20.4. The zero-order valence-corrected chi connectivity index (χ0v) is 11.1. The van der Waals surface area contributed by atoms with Gasteiger partial charge in [0.25, 0.3) is 0 Å². The van der Waals surface area contributed by atoms with E-state index < -0.39 is 0 Å². The summed E-state index contributed by atoms with van der Waals surface area (Å²) in [4.78, 5) is 8.90. The third kappa shape index (κ3) is 4.88. The Morgan fingerprint density at radius 2 is 1.37 bits per heavy atom. The summed E-state index contributed by atoms with van der Waals surface area (Å²) in [5, 5.41) is 0. The number of hydrogen-bond donors (Lipinski definition) is 0. The highest BCUT2D eigenvalue weighted by molar-refractivity contribution is 5.80. The minimum atomic E-state index is 0.195. The molecule has 1 unspecified atom stereocenters. The first-order chi connectivity index (χ1) is 9.34. The number of hydrogen-bond acceptors (Lipinski definition) is 2. The van der Waals surface area contributed by atoms with Crippen LogP contribution in [0, 0.1) is 0 Å². The molecule has 0 radical (unpaired) electrons. The van der Waals surface area contributed by atoms with Gasteiger partial charge in [-0.3, -0.25) is 9.98 Å². The molecule has 0 saturated carbocycles. The van der Waals surface area contributed by atoms with Crippen molar-refractivity contribution < 1.29 is 0 Å². The molecule has 2 rings (SSSR count). The molecule has 2 heteroatoms. The van der Waals surface area contributed by atoms with E-state index in [-0.39, 0.29) is 6.04 Å². The lowest BCUT2D eigenvalue weighted by Gasteiger charge is -2.01. The Kier molecular flexibility index (Phi) is 5.06. The van der Waals surface area contributed by atoms with Gasteiger partial charge in [-0.15, -0.1) is 0 Å². The SMILES string of the molecule is CC(C/N=C\c1ccccc1)/N=C/c1ccccc1. The predicted molar refractivity (Wildman–Crippen MR) is 82.4 cm³/mol. The van der Waals surface area contributed by atoms with E-state index in [9.17, 15) is 0 Å². The van der Waals surface area contributed by atoms with Gasteiger partial charge in [0.1, 0.15) is 0 Å². The molecule has 19 heavy (non-hydrogen) atoms. The minimum Gasteiger partial charge on any atom is -0.290 e. The van der Waals surface area contributed by atoms with E-state index in [1.165, 1.54) is 0 Å². The van der Waals surface area contributed by atoms with Crippen LogP contribution in [-0.4, -0.2) is 25.0 Å². The molecule has 0 saturated heterocycles. The Morgan fingerprint density at radius 1 is 0.842 bits per heavy atom. The average Bonchev–Trinajstić information content (AvgIpc) is 2.47. The number of aliphatic imine (C=N–C) groups is 2. The van der Waals surface area contributed by atoms with E-state index in [2.05, 4.69) is 16.9 Å². The summed E-state index contributed by atoms with van der Waals surface area (Å²) in [5.41, 5.74) is 2.25. The van der Waals surface area contributed by atoms with Crippen molar-refractivity contribution in [1.29, 1.82) is 0 Å². The van der Waals surface area contributed by atoms with Crippen molar-refractivity contribution in [3.8, 4) is 0 Å². The van der Waals surface area contributed by atoms with Gasteiger partial charge in [0.2, 0.25) is 0 Å². The second-order valence-corrected chi connectivity index (χ2v) is 4.44. The van der Waals surface area contributed by atoms with Crippen molar-refractivity contribution >= 4 is 12.4 Å². The van der Waals surface area contributed by atoms with Crippen molar-refractivity contribution in [2.75, 3.05) is 6.54 Å². The molecule has 2 aromatic carbocycles. The molecule has 0 aliphatic carbocycles. The van der Waals surface area contributed by atoms with Crippen molar-refractivity contribution in [3.05, 3.63) is 71.8 Å². The zero-order chi connectivity index (χ0) is 13.3. The van der Waals surface area contributed by atoms with Gasteiger partial charge >= 0.3 is 0 Å². The van der Waals surface area contributed by atoms with Crippen LogP contribution in [0.1, 0.15) is 18.1 Å². The number of nitrogens with zero attached hydrogens (tertiary/aromatic N) is 2. The Labute approximate surface area is 114 Å². The van der Waals surface area contributed by atoms with Crippen LogP contribution >= 0.6 is 0 Å². The molecule has 2 aromatic rings. The monoisotopic (exact) mass is 250 g/mol. The standard InChI is InChI=1S/C17H18N2/c1-15(19-14-17-10-6-3-7-11-17)12-18-13-16-8-4-2-5-9-16/h2-11,13-15H,12H2,1H3/b18-13-,19-14+. The first kappa shape index (κ1) is 13.2. The summed E-state index contributed by atoms with van der Waals surface area (Å²) in [7, 11) is 0. The van der Waals surface area contributed by atoms with E-state index >= 15 is 0 Å². The summed E-state index contributed by atoms with van der Waals surface area (Å²) in [6.07, 6.45) is 3.80. The fraction of sp³-hybridized carbons (Fsp3) is 0.176. The van der Waals surface area contributed by atoms with Gasteiger partial charge in [-0.2, -0.15) is 0 Å². The molecule has 2 nitrogen and oxygen atoms in total. The topological polar surface area (TPSA) is 24.7 Å². The van der Waals surface area contributed by atoms with Crippen LogP contribution in [-0.2, 0) is 0 Å². The average molecular weight is 250 g/mol. The van der Waals surface area contributed by atoms with Crippen LogP contribution in [0.25, 0.3) is 0 Å². The van der Waals surface area contributed by atoms with Crippen LogP contribution in [0.3, 0.4) is 0 Å². The Hall–Kier alpha value is -2.22. The number of rotatable bonds is 5. The van der Waals surface area contributed by atoms with E-state index in [4.69, 9.17) is 0 Å². The van der Waals surface area contributed by atoms with Gasteiger partial charge in [0.05, 0.1) is 12.6 Å². The Bertz CT molecular complexity index is 530. The predicted octanol–water partition coefficient (Wildman–Crippen LogP) is 3.61. The van der Waals surface area contributed by atoms with Crippen molar-refractivity contribution in [1.82, 2.24) is 0 Å². The van der Waals surface area contributed by atoms with Crippen LogP contribution < -0.4 is 0 Å².